The fraction of sp³-hybridized carbons (Fsp3) is 0.636. The predicted molar refractivity (Wildman–Crippen MR) is 77.2 cm³/mol. The summed E-state index contributed by atoms with van der Waals surface area (Å²) in [5, 5.41) is 35.2. The Labute approximate surface area is 134 Å². The molecule has 0 saturated carbocycles. The molecule has 0 radical (unpaired) electrons. The Hall–Kier alpha value is -1.86. The van der Waals surface area contributed by atoms with Crippen molar-refractivity contribution in [2.24, 2.45) is 0 Å². The lowest BCUT2D eigenvalue weighted by Gasteiger charge is -2.17. The number of carbonyl (C=O) groups excluding carboxylic acids is 1. The zero-order chi connectivity index (χ0) is 17.1. The first-order valence-electron chi connectivity index (χ1n) is 6.55. The van der Waals surface area contributed by atoms with Gasteiger partial charge in [-0.2, -0.15) is 0 Å². The van der Waals surface area contributed by atoms with Crippen LogP contribution >= 0.6 is 12.2 Å². The first kappa shape index (κ1) is 17.5. The van der Waals surface area contributed by atoms with Crippen LogP contribution in [0.1, 0.15) is 6.23 Å². The van der Waals surface area contributed by atoms with Gasteiger partial charge in [0.25, 0.3) is 5.56 Å². The Morgan fingerprint density at radius 1 is 1.52 bits per heavy atom. The van der Waals surface area contributed by atoms with Gasteiger partial charge in [-0.3, -0.25) is 14.6 Å². The number of nitrogens with zero attached hydrogens (tertiary/aromatic N) is 2. The van der Waals surface area contributed by atoms with Crippen LogP contribution in [0, 0.1) is 4.77 Å². The van der Waals surface area contributed by atoms with Crippen molar-refractivity contribution in [1.82, 2.24) is 14.8 Å². The summed E-state index contributed by atoms with van der Waals surface area (Å²) in [6.45, 7) is -0.821. The van der Waals surface area contributed by atoms with Gasteiger partial charge in [0.2, 0.25) is 5.82 Å². The van der Waals surface area contributed by atoms with E-state index in [-0.39, 0.29) is 17.1 Å². The number of rotatable bonds is 5. The van der Waals surface area contributed by atoms with Crippen LogP contribution in [-0.4, -0.2) is 74.6 Å². The number of aromatic nitrogens is 3. The van der Waals surface area contributed by atoms with E-state index in [1.54, 1.807) is 0 Å². The molecule has 11 nitrogen and oxygen atoms in total. The summed E-state index contributed by atoms with van der Waals surface area (Å²) in [7, 11) is 1.19. The SMILES string of the molecule is COC(=O)CNc1nn([C@H]2O[C@@H](CO)[C@@H](O)[C@@H]2O)c(=S)[nH]c1=O. The van der Waals surface area contributed by atoms with Crippen LogP contribution in [0.3, 0.4) is 0 Å². The summed E-state index contributed by atoms with van der Waals surface area (Å²) in [6, 6.07) is 0. The number of aromatic amines is 1. The number of aliphatic hydroxyl groups is 3. The zero-order valence-corrected chi connectivity index (χ0v) is 12.8. The molecular weight excluding hydrogens is 332 g/mol. The average Bonchev–Trinajstić information content (AvgIpc) is 2.81. The lowest BCUT2D eigenvalue weighted by atomic mass is 10.1. The molecule has 0 spiro atoms. The number of H-pyrrole nitrogens is 1. The largest absolute Gasteiger partial charge is 0.468 e. The van der Waals surface area contributed by atoms with Crippen LogP contribution in [0.2, 0.25) is 0 Å². The molecule has 0 aliphatic carbocycles. The van der Waals surface area contributed by atoms with E-state index in [2.05, 4.69) is 20.1 Å². The number of aliphatic hydroxyl groups excluding tert-OH is 3. The highest BCUT2D eigenvalue weighted by Crippen LogP contribution is 2.28. The summed E-state index contributed by atoms with van der Waals surface area (Å²) in [5.74, 6) is -0.866. The molecule has 1 saturated heterocycles. The molecule has 128 valence electrons. The highest BCUT2D eigenvalue weighted by Gasteiger charge is 2.44. The molecule has 0 aromatic carbocycles. The van der Waals surface area contributed by atoms with Gasteiger partial charge >= 0.3 is 5.97 Å². The minimum absolute atomic E-state index is 0.159. The third kappa shape index (κ3) is 3.56. The summed E-state index contributed by atoms with van der Waals surface area (Å²) < 4.78 is 10.5. The molecule has 4 atom stereocenters. The molecule has 1 aromatic rings. The third-order valence-electron chi connectivity index (χ3n) is 3.24. The second-order valence-corrected chi connectivity index (χ2v) is 5.10. The van der Waals surface area contributed by atoms with Crippen LogP contribution in [-0.2, 0) is 14.3 Å². The number of hydrogen-bond donors (Lipinski definition) is 5. The van der Waals surface area contributed by atoms with Crippen LogP contribution in [0.15, 0.2) is 4.79 Å². The minimum Gasteiger partial charge on any atom is -0.468 e. The van der Waals surface area contributed by atoms with Crippen LogP contribution < -0.4 is 10.9 Å². The molecule has 1 aliphatic heterocycles. The summed E-state index contributed by atoms with van der Waals surface area (Å²) in [5.41, 5.74) is -0.679. The molecule has 23 heavy (non-hydrogen) atoms. The zero-order valence-electron chi connectivity index (χ0n) is 12.0. The van der Waals surface area contributed by atoms with Gasteiger partial charge in [0.05, 0.1) is 13.7 Å². The fourth-order valence-electron chi connectivity index (χ4n) is 2.01. The summed E-state index contributed by atoms with van der Waals surface area (Å²) in [4.78, 5) is 25.2. The molecule has 12 heteroatoms. The normalized spacial score (nSPS) is 27.0. The Morgan fingerprint density at radius 3 is 2.78 bits per heavy atom. The van der Waals surface area contributed by atoms with E-state index in [1.807, 2.05) is 0 Å². The predicted octanol–water partition coefficient (Wildman–Crippen LogP) is -2.50. The second kappa shape index (κ2) is 7.14. The second-order valence-electron chi connectivity index (χ2n) is 4.71. The van der Waals surface area contributed by atoms with E-state index >= 15 is 0 Å². The van der Waals surface area contributed by atoms with Crippen molar-refractivity contribution in [3.05, 3.63) is 15.1 Å². The van der Waals surface area contributed by atoms with Crippen molar-refractivity contribution >= 4 is 24.0 Å². The molecule has 1 aromatic heterocycles. The lowest BCUT2D eigenvalue weighted by molar-refractivity contribution is -0.138. The Kier molecular flexibility index (Phi) is 5.43. The van der Waals surface area contributed by atoms with Crippen molar-refractivity contribution < 1.29 is 29.6 Å². The number of methoxy groups -OCH3 is 1. The highest BCUT2D eigenvalue weighted by atomic mass is 32.1. The Balaban J connectivity index is 2.31. The average molecular weight is 348 g/mol. The van der Waals surface area contributed by atoms with Gasteiger partial charge in [0.15, 0.2) is 11.0 Å². The number of anilines is 1. The molecule has 1 fully saturated rings. The topological polar surface area (TPSA) is 159 Å². The van der Waals surface area contributed by atoms with Gasteiger partial charge in [-0.15, -0.1) is 5.10 Å². The van der Waals surface area contributed by atoms with E-state index in [1.165, 1.54) is 7.11 Å². The van der Waals surface area contributed by atoms with Crippen molar-refractivity contribution in [3.8, 4) is 0 Å². The maximum absolute atomic E-state index is 11.8. The molecule has 0 bridgehead atoms. The van der Waals surface area contributed by atoms with E-state index < -0.39 is 42.7 Å². The number of nitrogens with one attached hydrogen (secondary N) is 2. The van der Waals surface area contributed by atoms with Crippen molar-refractivity contribution in [2.75, 3.05) is 25.6 Å². The van der Waals surface area contributed by atoms with Crippen LogP contribution in [0.25, 0.3) is 0 Å². The van der Waals surface area contributed by atoms with Crippen molar-refractivity contribution in [3.63, 3.8) is 0 Å². The Morgan fingerprint density at radius 2 is 2.22 bits per heavy atom. The monoisotopic (exact) mass is 348 g/mol. The maximum Gasteiger partial charge on any atom is 0.325 e. The Bertz CT molecular complexity index is 690. The van der Waals surface area contributed by atoms with Gasteiger partial charge in [-0.25, -0.2) is 4.68 Å². The van der Waals surface area contributed by atoms with Crippen molar-refractivity contribution in [1.29, 1.82) is 0 Å². The van der Waals surface area contributed by atoms with Gasteiger partial charge in [-0.1, -0.05) is 0 Å². The fourth-order valence-corrected chi connectivity index (χ4v) is 2.25. The minimum atomic E-state index is -1.41. The van der Waals surface area contributed by atoms with E-state index in [0.717, 1.165) is 4.68 Å². The molecule has 5 N–H and O–H groups in total. The summed E-state index contributed by atoms with van der Waals surface area (Å²) in [6.07, 6.45) is -4.97. The van der Waals surface area contributed by atoms with Crippen molar-refractivity contribution in [2.45, 2.75) is 24.5 Å². The standard InChI is InChI=1S/C11H16N4O7S/c1-21-5(17)2-12-8-9(20)13-11(23)15(14-8)10-7(19)6(18)4(3-16)22-10/h4,6-7,10,16,18-19H,2-3H2,1H3,(H,12,14)(H,13,20,23)/t4-,6+,7-,10-/m0/s1. The summed E-state index contributed by atoms with van der Waals surface area (Å²) >= 11 is 4.95. The van der Waals surface area contributed by atoms with Crippen LogP contribution in [0.5, 0.6) is 0 Å². The lowest BCUT2D eigenvalue weighted by Crippen LogP contribution is -2.34. The number of carbonyl (C=O) groups is 1. The third-order valence-corrected chi connectivity index (χ3v) is 3.53. The number of ether oxygens (including phenoxy) is 2. The first-order valence-corrected chi connectivity index (χ1v) is 6.96. The van der Waals surface area contributed by atoms with Gasteiger partial charge in [0, 0.05) is 0 Å². The van der Waals surface area contributed by atoms with Gasteiger partial charge < -0.3 is 30.1 Å². The van der Waals surface area contributed by atoms with E-state index in [0.29, 0.717) is 0 Å². The van der Waals surface area contributed by atoms with E-state index in [4.69, 9.17) is 22.1 Å². The molecule has 0 unspecified atom stereocenters. The smallest absolute Gasteiger partial charge is 0.325 e. The maximum atomic E-state index is 11.8. The number of hydrogen-bond acceptors (Lipinski definition) is 10. The first-order chi connectivity index (χ1) is 10.9. The van der Waals surface area contributed by atoms with Gasteiger partial charge in [0.1, 0.15) is 24.9 Å². The number of esters is 1. The molecule has 1 aliphatic rings. The molecule has 2 heterocycles. The molecule has 0 amide bonds. The highest BCUT2D eigenvalue weighted by molar-refractivity contribution is 7.71. The van der Waals surface area contributed by atoms with Gasteiger partial charge in [-0.05, 0) is 12.2 Å². The molecule has 2 rings (SSSR count). The quantitative estimate of drug-likeness (QED) is 0.284. The molecular formula is C11H16N4O7S. The van der Waals surface area contributed by atoms with E-state index in [9.17, 15) is 19.8 Å². The van der Waals surface area contributed by atoms with Crippen LogP contribution in [0.4, 0.5) is 5.82 Å².